The number of halogens is 2. The molecular weight excluding hydrogens is 230 g/mol. The van der Waals surface area contributed by atoms with Crippen LogP contribution in [0.3, 0.4) is 0 Å². The number of aliphatic carboxylic acids is 1. The topological polar surface area (TPSA) is 115 Å². The lowest BCUT2D eigenvalue weighted by Gasteiger charge is -2.09. The van der Waals surface area contributed by atoms with E-state index < -0.39 is 16.4 Å². The van der Waals surface area contributed by atoms with E-state index in [9.17, 15) is 13.6 Å². The number of alkyl halides is 2. The van der Waals surface area contributed by atoms with Crippen molar-refractivity contribution in [1.82, 2.24) is 9.97 Å². The van der Waals surface area contributed by atoms with Crippen LogP contribution in [-0.2, 0) is 4.79 Å². The smallest absolute Gasteiger partial charge is 0.395 e. The van der Waals surface area contributed by atoms with Crippen LogP contribution in [0.4, 0.5) is 20.4 Å². The first-order valence-corrected chi connectivity index (χ1v) is 4.33. The average molecular weight is 236 g/mol. The number of carboxylic acid groups (broad SMARTS) is 1. The third kappa shape index (κ3) is 2.91. The highest BCUT2D eigenvalue weighted by molar-refractivity contribution is 8.00. The molecule has 9 heteroatoms. The highest BCUT2D eigenvalue weighted by Crippen LogP contribution is 2.34. The SMILES string of the molecule is Nc1cc(N)nc(SC(F)(F)C(=O)O)n1. The second-order valence-electron chi connectivity index (χ2n) is 2.42. The Kier molecular flexibility index (Phi) is 2.93. The zero-order valence-corrected chi connectivity index (χ0v) is 7.96. The standard InChI is InChI=1S/C6H6F2N4O2S/c7-6(8,4(13)14)15-5-11-2(9)1-3(10)12-5/h1H,(H,13,14)(H4,9,10,11,12). The van der Waals surface area contributed by atoms with E-state index in [-0.39, 0.29) is 23.4 Å². The molecule has 6 nitrogen and oxygen atoms in total. The molecule has 82 valence electrons. The first-order valence-electron chi connectivity index (χ1n) is 3.51. The van der Waals surface area contributed by atoms with E-state index >= 15 is 0 Å². The second-order valence-corrected chi connectivity index (χ2v) is 3.51. The zero-order chi connectivity index (χ0) is 11.6. The minimum absolute atomic E-state index is 0.105. The molecule has 15 heavy (non-hydrogen) atoms. The van der Waals surface area contributed by atoms with Crippen molar-refractivity contribution in [3.05, 3.63) is 6.07 Å². The van der Waals surface area contributed by atoms with E-state index in [1.807, 2.05) is 0 Å². The summed E-state index contributed by atoms with van der Waals surface area (Å²) in [6.45, 7) is 0. The molecule has 1 aromatic rings. The molecule has 1 heterocycles. The number of thioether (sulfide) groups is 1. The second kappa shape index (κ2) is 3.85. The van der Waals surface area contributed by atoms with Gasteiger partial charge < -0.3 is 16.6 Å². The van der Waals surface area contributed by atoms with Gasteiger partial charge in [-0.1, -0.05) is 0 Å². The van der Waals surface area contributed by atoms with Gasteiger partial charge in [0.05, 0.1) is 0 Å². The number of aromatic nitrogens is 2. The molecule has 0 radical (unpaired) electrons. The van der Waals surface area contributed by atoms with Crippen LogP contribution in [0.25, 0.3) is 0 Å². The Bertz CT molecular complexity index is 380. The van der Waals surface area contributed by atoms with Gasteiger partial charge in [-0.05, 0) is 0 Å². The number of nitrogens with zero attached hydrogens (tertiary/aromatic N) is 2. The van der Waals surface area contributed by atoms with Crippen molar-refractivity contribution in [3.63, 3.8) is 0 Å². The van der Waals surface area contributed by atoms with Gasteiger partial charge in [0, 0.05) is 17.8 Å². The lowest BCUT2D eigenvalue weighted by molar-refractivity contribution is -0.152. The molecule has 0 bridgehead atoms. The van der Waals surface area contributed by atoms with Gasteiger partial charge in [-0.15, -0.1) is 0 Å². The first-order chi connectivity index (χ1) is 6.81. The quantitative estimate of drug-likeness (QED) is 0.514. The van der Waals surface area contributed by atoms with Gasteiger partial charge in [0.2, 0.25) is 0 Å². The summed E-state index contributed by atoms with van der Waals surface area (Å²) in [5.41, 5.74) is 10.4. The highest BCUT2D eigenvalue weighted by atomic mass is 32.2. The molecular formula is C6H6F2N4O2S. The van der Waals surface area contributed by atoms with Crippen LogP contribution in [0.15, 0.2) is 11.2 Å². The molecule has 0 aliphatic rings. The van der Waals surface area contributed by atoms with Crippen LogP contribution in [0.1, 0.15) is 0 Å². The maximum Gasteiger partial charge on any atom is 0.395 e. The van der Waals surface area contributed by atoms with E-state index in [2.05, 4.69) is 9.97 Å². The number of hydrogen-bond donors (Lipinski definition) is 3. The van der Waals surface area contributed by atoms with Crippen molar-refractivity contribution in [3.8, 4) is 0 Å². The molecule has 0 fully saturated rings. The summed E-state index contributed by atoms with van der Waals surface area (Å²) < 4.78 is 25.4. The molecule has 0 aliphatic heterocycles. The van der Waals surface area contributed by atoms with Gasteiger partial charge in [0.15, 0.2) is 5.16 Å². The predicted molar refractivity (Wildman–Crippen MR) is 49.3 cm³/mol. The van der Waals surface area contributed by atoms with Crippen molar-refractivity contribution in [2.75, 3.05) is 11.5 Å². The minimum atomic E-state index is -4.01. The molecule has 0 atom stereocenters. The summed E-state index contributed by atoms with van der Waals surface area (Å²) in [5.74, 6) is -2.49. The van der Waals surface area contributed by atoms with Gasteiger partial charge in [-0.2, -0.15) is 8.78 Å². The third-order valence-corrected chi connectivity index (χ3v) is 2.01. The van der Waals surface area contributed by atoms with Crippen LogP contribution in [-0.4, -0.2) is 26.3 Å². The van der Waals surface area contributed by atoms with Gasteiger partial charge in [-0.3, -0.25) is 0 Å². The summed E-state index contributed by atoms with van der Waals surface area (Å²) in [6.07, 6.45) is 0. The van der Waals surface area contributed by atoms with Crippen LogP contribution in [0.2, 0.25) is 0 Å². The predicted octanol–water partition coefficient (Wildman–Crippen LogP) is 0.411. The zero-order valence-electron chi connectivity index (χ0n) is 7.15. The summed E-state index contributed by atoms with van der Waals surface area (Å²) in [5, 5.41) is 3.65. The summed E-state index contributed by atoms with van der Waals surface area (Å²) >= 11 is -0.333. The van der Waals surface area contributed by atoms with Crippen LogP contribution >= 0.6 is 11.8 Å². The Morgan fingerprint density at radius 3 is 2.27 bits per heavy atom. The van der Waals surface area contributed by atoms with E-state index in [0.29, 0.717) is 0 Å². The van der Waals surface area contributed by atoms with Gasteiger partial charge in [0.1, 0.15) is 11.6 Å². The highest BCUT2D eigenvalue weighted by Gasteiger charge is 2.41. The van der Waals surface area contributed by atoms with Crippen molar-refractivity contribution < 1.29 is 18.7 Å². The Morgan fingerprint density at radius 1 is 1.40 bits per heavy atom. The summed E-state index contributed by atoms with van der Waals surface area (Å²) in [6, 6.07) is 1.17. The number of hydrogen-bond acceptors (Lipinski definition) is 6. The van der Waals surface area contributed by atoms with Crippen molar-refractivity contribution in [2.45, 2.75) is 10.4 Å². The number of carboxylic acids is 1. The number of rotatable bonds is 3. The Labute approximate surface area is 86.7 Å². The molecule has 0 spiro atoms. The first kappa shape index (κ1) is 11.4. The lowest BCUT2D eigenvalue weighted by Crippen LogP contribution is -2.24. The van der Waals surface area contributed by atoms with Crippen LogP contribution in [0, 0.1) is 0 Å². The Morgan fingerprint density at radius 2 is 1.87 bits per heavy atom. The van der Waals surface area contributed by atoms with E-state index in [4.69, 9.17) is 16.6 Å². The van der Waals surface area contributed by atoms with E-state index in [1.165, 1.54) is 6.07 Å². The van der Waals surface area contributed by atoms with Crippen molar-refractivity contribution in [1.29, 1.82) is 0 Å². The Balaban J connectivity index is 2.94. The number of carbonyl (C=O) groups is 1. The van der Waals surface area contributed by atoms with Gasteiger partial charge >= 0.3 is 11.2 Å². The largest absolute Gasteiger partial charge is 0.476 e. The van der Waals surface area contributed by atoms with Crippen LogP contribution < -0.4 is 11.5 Å². The maximum absolute atomic E-state index is 12.7. The van der Waals surface area contributed by atoms with E-state index in [1.54, 1.807) is 0 Å². The molecule has 5 N–H and O–H groups in total. The maximum atomic E-state index is 12.7. The summed E-state index contributed by atoms with van der Waals surface area (Å²) in [4.78, 5) is 16.9. The molecule has 1 rings (SSSR count). The molecule has 0 unspecified atom stereocenters. The number of nitrogens with two attached hydrogens (primary N) is 2. The Hall–Kier alpha value is -1.64. The fourth-order valence-electron chi connectivity index (χ4n) is 0.666. The minimum Gasteiger partial charge on any atom is -0.476 e. The van der Waals surface area contributed by atoms with E-state index in [0.717, 1.165) is 0 Å². The third-order valence-electron chi connectivity index (χ3n) is 1.21. The molecule has 1 aromatic heterocycles. The van der Waals surface area contributed by atoms with Crippen molar-refractivity contribution >= 4 is 29.4 Å². The normalized spacial score (nSPS) is 11.3. The molecule has 0 saturated heterocycles. The van der Waals surface area contributed by atoms with Gasteiger partial charge in [0.25, 0.3) is 0 Å². The number of anilines is 2. The molecule has 0 amide bonds. The fraction of sp³-hybridized carbons (Fsp3) is 0.167. The summed E-state index contributed by atoms with van der Waals surface area (Å²) in [7, 11) is 0. The molecule has 0 saturated carbocycles. The van der Waals surface area contributed by atoms with Crippen molar-refractivity contribution in [2.24, 2.45) is 0 Å². The van der Waals surface area contributed by atoms with Crippen LogP contribution in [0.5, 0.6) is 0 Å². The number of nitrogen functional groups attached to an aromatic ring is 2. The molecule has 0 aromatic carbocycles. The monoisotopic (exact) mass is 236 g/mol. The molecule has 0 aliphatic carbocycles. The average Bonchev–Trinajstić information content (AvgIpc) is 1.99. The lowest BCUT2D eigenvalue weighted by atomic mass is 10.5. The van der Waals surface area contributed by atoms with Gasteiger partial charge in [-0.25, -0.2) is 14.8 Å². The fourth-order valence-corrected chi connectivity index (χ4v) is 1.28.